The molecule has 0 amide bonds. The second-order valence-electron chi connectivity index (χ2n) is 5.56. The van der Waals surface area contributed by atoms with Crippen LogP contribution in [0.3, 0.4) is 0 Å². The normalized spacial score (nSPS) is 17.1. The van der Waals surface area contributed by atoms with Crippen molar-refractivity contribution in [1.29, 1.82) is 0 Å². The van der Waals surface area contributed by atoms with Gasteiger partial charge >= 0.3 is 0 Å². The van der Waals surface area contributed by atoms with Gasteiger partial charge in [-0.3, -0.25) is 0 Å². The third kappa shape index (κ3) is 2.01. The first-order chi connectivity index (χ1) is 9.61. The molecule has 0 aromatic heterocycles. The summed E-state index contributed by atoms with van der Waals surface area (Å²) in [7, 11) is 1.70. The molecule has 1 N–H and O–H groups in total. The maximum atomic E-state index is 10.1. The Labute approximate surface area is 120 Å². The number of fused-ring (bicyclic) bond motifs is 1. The summed E-state index contributed by atoms with van der Waals surface area (Å²) in [6.07, 6.45) is 1.49. The Morgan fingerprint density at radius 1 is 1.15 bits per heavy atom. The molecule has 0 saturated heterocycles. The third-order valence-corrected chi connectivity index (χ3v) is 4.25. The van der Waals surface area contributed by atoms with E-state index in [1.807, 2.05) is 12.1 Å². The number of benzene rings is 2. The number of aliphatic hydroxyl groups is 1. The Balaban J connectivity index is 2.20. The van der Waals surface area contributed by atoms with Crippen LogP contribution >= 0.6 is 0 Å². The topological polar surface area (TPSA) is 29.5 Å². The van der Waals surface area contributed by atoms with Gasteiger partial charge in [0.05, 0.1) is 13.2 Å². The Hall–Kier alpha value is -1.80. The molecular formula is C18H20O2. The van der Waals surface area contributed by atoms with Crippen LogP contribution in [-0.2, 0) is 6.42 Å². The lowest BCUT2D eigenvalue weighted by Crippen LogP contribution is -1.96. The summed E-state index contributed by atoms with van der Waals surface area (Å²) in [4.78, 5) is 0. The highest BCUT2D eigenvalue weighted by atomic mass is 16.5. The second kappa shape index (κ2) is 4.95. The summed E-state index contributed by atoms with van der Waals surface area (Å²) in [6.45, 7) is 4.24. The molecule has 3 rings (SSSR count). The largest absolute Gasteiger partial charge is 0.497 e. The fourth-order valence-corrected chi connectivity index (χ4v) is 3.33. The molecule has 20 heavy (non-hydrogen) atoms. The van der Waals surface area contributed by atoms with E-state index in [4.69, 9.17) is 4.74 Å². The lowest BCUT2D eigenvalue weighted by atomic mass is 9.90. The Kier molecular flexibility index (Phi) is 3.27. The van der Waals surface area contributed by atoms with Crippen molar-refractivity contribution in [3.63, 3.8) is 0 Å². The molecule has 0 bridgehead atoms. The van der Waals surface area contributed by atoms with E-state index in [1.165, 1.54) is 27.8 Å². The number of methoxy groups -OCH3 is 1. The van der Waals surface area contributed by atoms with Gasteiger partial charge < -0.3 is 9.84 Å². The van der Waals surface area contributed by atoms with Gasteiger partial charge in [0.15, 0.2) is 0 Å². The Morgan fingerprint density at radius 2 is 1.85 bits per heavy atom. The number of rotatable bonds is 2. The van der Waals surface area contributed by atoms with E-state index in [0.29, 0.717) is 0 Å². The summed E-state index contributed by atoms with van der Waals surface area (Å²) in [6, 6.07) is 10.4. The second-order valence-corrected chi connectivity index (χ2v) is 5.56. The molecule has 2 heteroatoms. The summed E-state index contributed by atoms with van der Waals surface area (Å²) in [5.41, 5.74) is 7.37. The van der Waals surface area contributed by atoms with E-state index >= 15 is 0 Å². The summed E-state index contributed by atoms with van der Waals surface area (Å²) in [5, 5.41) is 10.1. The summed E-state index contributed by atoms with van der Waals surface area (Å²) < 4.78 is 5.34. The summed E-state index contributed by atoms with van der Waals surface area (Å²) >= 11 is 0. The molecule has 0 radical (unpaired) electrons. The molecule has 2 aromatic carbocycles. The molecular weight excluding hydrogens is 248 g/mol. The number of aryl methyl sites for hydroxylation is 2. The molecule has 0 spiro atoms. The van der Waals surface area contributed by atoms with E-state index in [-0.39, 0.29) is 6.10 Å². The minimum atomic E-state index is -0.302. The van der Waals surface area contributed by atoms with Crippen molar-refractivity contribution in [3.8, 4) is 16.9 Å². The van der Waals surface area contributed by atoms with Crippen molar-refractivity contribution >= 4 is 0 Å². The minimum absolute atomic E-state index is 0.302. The van der Waals surface area contributed by atoms with Gasteiger partial charge in [0.1, 0.15) is 5.75 Å². The number of aliphatic hydroxyl groups excluding tert-OH is 1. The van der Waals surface area contributed by atoms with E-state index in [1.54, 1.807) is 7.11 Å². The van der Waals surface area contributed by atoms with Crippen LogP contribution in [0.25, 0.3) is 11.1 Å². The zero-order chi connectivity index (χ0) is 14.3. The molecule has 1 aliphatic carbocycles. The molecule has 0 aliphatic heterocycles. The van der Waals surface area contributed by atoms with Crippen molar-refractivity contribution in [2.45, 2.75) is 32.8 Å². The predicted molar refractivity (Wildman–Crippen MR) is 81.2 cm³/mol. The molecule has 1 aliphatic rings. The van der Waals surface area contributed by atoms with Gasteiger partial charge in [-0.25, -0.2) is 0 Å². The Bertz CT molecular complexity index is 635. The van der Waals surface area contributed by atoms with Crippen LogP contribution in [0, 0.1) is 13.8 Å². The van der Waals surface area contributed by atoms with E-state index in [0.717, 1.165) is 24.2 Å². The number of ether oxygens (including phenoxy) is 1. The van der Waals surface area contributed by atoms with Gasteiger partial charge in [-0.2, -0.15) is 0 Å². The van der Waals surface area contributed by atoms with Crippen LogP contribution in [-0.4, -0.2) is 12.2 Å². The number of hydrogen-bond donors (Lipinski definition) is 1. The predicted octanol–water partition coefficient (Wildman–Crippen LogP) is 3.96. The monoisotopic (exact) mass is 268 g/mol. The van der Waals surface area contributed by atoms with Crippen LogP contribution in [0.4, 0.5) is 0 Å². The highest BCUT2D eigenvalue weighted by molar-refractivity contribution is 5.76. The highest BCUT2D eigenvalue weighted by Crippen LogP contribution is 2.40. The standard InChI is InChI=1S/C18H20O2/c1-11-9-13(20-3)10-12(2)18(11)16-6-4-5-15-14(16)7-8-17(15)19/h4-6,9-10,17,19H,7-8H2,1-3H3/t17-/m1/s1. The van der Waals surface area contributed by atoms with E-state index < -0.39 is 0 Å². The highest BCUT2D eigenvalue weighted by Gasteiger charge is 2.24. The molecule has 2 nitrogen and oxygen atoms in total. The quantitative estimate of drug-likeness (QED) is 0.893. The minimum Gasteiger partial charge on any atom is -0.497 e. The first kappa shape index (κ1) is 13.2. The van der Waals surface area contributed by atoms with Crippen LogP contribution in [0.15, 0.2) is 30.3 Å². The Morgan fingerprint density at radius 3 is 2.50 bits per heavy atom. The molecule has 1 atom stereocenters. The maximum Gasteiger partial charge on any atom is 0.119 e. The lowest BCUT2D eigenvalue weighted by molar-refractivity contribution is 0.180. The van der Waals surface area contributed by atoms with Crippen LogP contribution in [0.1, 0.15) is 34.8 Å². The van der Waals surface area contributed by atoms with E-state index in [9.17, 15) is 5.11 Å². The zero-order valence-corrected chi connectivity index (χ0v) is 12.2. The molecule has 0 heterocycles. The van der Waals surface area contributed by atoms with Gasteiger partial charge in [0.25, 0.3) is 0 Å². The van der Waals surface area contributed by atoms with Crippen molar-refractivity contribution in [1.82, 2.24) is 0 Å². The van der Waals surface area contributed by atoms with E-state index in [2.05, 4.69) is 32.0 Å². The first-order valence-corrected chi connectivity index (χ1v) is 7.07. The van der Waals surface area contributed by atoms with Crippen molar-refractivity contribution in [2.24, 2.45) is 0 Å². The molecule has 104 valence electrons. The summed E-state index contributed by atoms with van der Waals surface area (Å²) in [5.74, 6) is 0.899. The van der Waals surface area contributed by atoms with Crippen LogP contribution < -0.4 is 4.74 Å². The SMILES string of the molecule is COc1cc(C)c(-c2cccc3c2CC[C@H]3O)c(C)c1. The van der Waals surface area contributed by atoms with Gasteiger partial charge in [0.2, 0.25) is 0 Å². The number of hydrogen-bond acceptors (Lipinski definition) is 2. The van der Waals surface area contributed by atoms with Gasteiger partial charge in [0, 0.05) is 0 Å². The van der Waals surface area contributed by atoms with Crippen molar-refractivity contribution in [2.75, 3.05) is 7.11 Å². The molecule has 0 saturated carbocycles. The first-order valence-electron chi connectivity index (χ1n) is 7.07. The van der Waals surface area contributed by atoms with Crippen LogP contribution in [0.2, 0.25) is 0 Å². The van der Waals surface area contributed by atoms with Crippen molar-refractivity contribution in [3.05, 3.63) is 52.6 Å². The average Bonchev–Trinajstić information content (AvgIpc) is 2.81. The van der Waals surface area contributed by atoms with Gasteiger partial charge in [-0.05, 0) is 72.2 Å². The molecule has 0 unspecified atom stereocenters. The molecule has 0 fully saturated rings. The average molecular weight is 268 g/mol. The van der Waals surface area contributed by atoms with Crippen molar-refractivity contribution < 1.29 is 9.84 Å². The lowest BCUT2D eigenvalue weighted by Gasteiger charge is -2.16. The van der Waals surface area contributed by atoms with Gasteiger partial charge in [-0.1, -0.05) is 18.2 Å². The smallest absolute Gasteiger partial charge is 0.119 e. The fraction of sp³-hybridized carbons (Fsp3) is 0.333. The zero-order valence-electron chi connectivity index (χ0n) is 12.2. The molecule has 2 aromatic rings. The van der Waals surface area contributed by atoms with Crippen LogP contribution in [0.5, 0.6) is 5.75 Å². The van der Waals surface area contributed by atoms with Gasteiger partial charge in [-0.15, -0.1) is 0 Å². The maximum absolute atomic E-state index is 10.1. The third-order valence-electron chi connectivity index (χ3n) is 4.25. The fourth-order valence-electron chi connectivity index (χ4n) is 3.33.